The van der Waals surface area contributed by atoms with E-state index < -0.39 is 0 Å². The molecule has 1 aromatic carbocycles. The fourth-order valence-corrected chi connectivity index (χ4v) is 4.16. The highest BCUT2D eigenvalue weighted by atomic mass is 16.5. The third-order valence-corrected chi connectivity index (χ3v) is 5.83. The summed E-state index contributed by atoms with van der Waals surface area (Å²) in [4.78, 5) is 14.4. The quantitative estimate of drug-likeness (QED) is 0.902. The lowest BCUT2D eigenvalue weighted by molar-refractivity contribution is -0.122. The highest BCUT2D eigenvalue weighted by Gasteiger charge is 2.41. The van der Waals surface area contributed by atoms with Gasteiger partial charge in [0, 0.05) is 31.5 Å². The van der Waals surface area contributed by atoms with Gasteiger partial charge in [0.15, 0.2) is 0 Å². The summed E-state index contributed by atoms with van der Waals surface area (Å²) < 4.78 is 6.02. The Morgan fingerprint density at radius 1 is 1.25 bits per heavy atom. The molecule has 1 aromatic rings. The van der Waals surface area contributed by atoms with Crippen LogP contribution in [0.2, 0.25) is 0 Å². The third kappa shape index (κ3) is 3.65. The van der Waals surface area contributed by atoms with Crippen molar-refractivity contribution in [3.8, 4) is 0 Å². The first-order chi connectivity index (χ1) is 11.7. The fourth-order valence-electron chi connectivity index (χ4n) is 4.16. The fraction of sp³-hybridized carbons (Fsp3) is 0.650. The number of aryl methyl sites for hydroxylation is 1. The van der Waals surface area contributed by atoms with Gasteiger partial charge in [0.2, 0.25) is 5.91 Å². The molecular weight excluding hydrogens is 300 g/mol. The van der Waals surface area contributed by atoms with E-state index in [0.29, 0.717) is 24.3 Å². The molecule has 1 aliphatic carbocycles. The largest absolute Gasteiger partial charge is 0.376 e. The molecule has 2 saturated heterocycles. The number of benzene rings is 1. The van der Waals surface area contributed by atoms with E-state index in [1.807, 2.05) is 0 Å². The summed E-state index contributed by atoms with van der Waals surface area (Å²) >= 11 is 0. The van der Waals surface area contributed by atoms with Gasteiger partial charge in [-0.15, -0.1) is 0 Å². The van der Waals surface area contributed by atoms with Crippen molar-refractivity contribution in [3.05, 3.63) is 35.4 Å². The van der Waals surface area contributed by atoms with E-state index in [4.69, 9.17) is 4.74 Å². The lowest BCUT2D eigenvalue weighted by atomic mass is 9.84. The average molecular weight is 328 g/mol. The first-order valence-corrected chi connectivity index (χ1v) is 9.36. The van der Waals surface area contributed by atoms with Crippen LogP contribution in [0.4, 0.5) is 0 Å². The maximum absolute atomic E-state index is 11.8. The van der Waals surface area contributed by atoms with Crippen molar-refractivity contribution in [2.24, 2.45) is 17.8 Å². The van der Waals surface area contributed by atoms with Crippen LogP contribution >= 0.6 is 0 Å². The van der Waals surface area contributed by atoms with E-state index in [1.54, 1.807) is 0 Å². The minimum atomic E-state index is 0.222. The Bertz CT molecular complexity index is 582. The Morgan fingerprint density at radius 2 is 2.04 bits per heavy atom. The van der Waals surface area contributed by atoms with Crippen LogP contribution < -0.4 is 5.32 Å². The first kappa shape index (κ1) is 16.1. The molecule has 0 bridgehead atoms. The number of ether oxygens (including phenoxy) is 1. The highest BCUT2D eigenvalue weighted by Crippen LogP contribution is 2.35. The van der Waals surface area contributed by atoms with Crippen LogP contribution in [0.15, 0.2) is 24.3 Å². The minimum absolute atomic E-state index is 0.222. The highest BCUT2D eigenvalue weighted by molar-refractivity contribution is 5.80. The third-order valence-electron chi connectivity index (χ3n) is 5.83. The van der Waals surface area contributed by atoms with Crippen molar-refractivity contribution in [1.82, 2.24) is 10.2 Å². The zero-order chi connectivity index (χ0) is 16.5. The number of hydrogen-bond donors (Lipinski definition) is 1. The molecule has 0 radical (unpaired) electrons. The van der Waals surface area contributed by atoms with Gasteiger partial charge in [-0.2, -0.15) is 0 Å². The van der Waals surface area contributed by atoms with Crippen molar-refractivity contribution in [2.75, 3.05) is 26.2 Å². The smallest absolute Gasteiger partial charge is 0.223 e. The molecule has 4 heteroatoms. The van der Waals surface area contributed by atoms with E-state index in [0.717, 1.165) is 39.1 Å². The predicted molar refractivity (Wildman–Crippen MR) is 93.5 cm³/mol. The lowest BCUT2D eigenvalue weighted by Gasteiger charge is -2.35. The number of fused-ring (bicyclic) bond motifs is 1. The Labute approximate surface area is 144 Å². The standard InChI is InChI=1S/C20H28N2O2/c1-14-2-4-15(5-3-14)11-22-9-8-18-17(12-22)13-24-19(18)10-21-20(23)16-6-7-16/h2-5,16-19H,6-13H2,1H3,(H,21,23)/t17-,18-,19-/m1/s1. The molecule has 1 saturated carbocycles. The van der Waals surface area contributed by atoms with Gasteiger partial charge in [0.25, 0.3) is 0 Å². The Kier molecular flexibility index (Phi) is 4.59. The van der Waals surface area contributed by atoms with Gasteiger partial charge >= 0.3 is 0 Å². The maximum atomic E-state index is 11.8. The zero-order valence-electron chi connectivity index (χ0n) is 14.5. The molecule has 0 unspecified atom stereocenters. The van der Waals surface area contributed by atoms with Crippen LogP contribution in [0.25, 0.3) is 0 Å². The monoisotopic (exact) mass is 328 g/mol. The second-order valence-corrected chi connectivity index (χ2v) is 7.82. The maximum Gasteiger partial charge on any atom is 0.223 e. The molecule has 1 N–H and O–H groups in total. The topological polar surface area (TPSA) is 41.6 Å². The summed E-state index contributed by atoms with van der Waals surface area (Å²) in [5.41, 5.74) is 2.71. The van der Waals surface area contributed by atoms with Crippen LogP contribution in [0.3, 0.4) is 0 Å². The zero-order valence-corrected chi connectivity index (χ0v) is 14.5. The Balaban J connectivity index is 1.27. The molecule has 4 rings (SSSR count). The van der Waals surface area contributed by atoms with Gasteiger partial charge in [-0.1, -0.05) is 29.8 Å². The summed E-state index contributed by atoms with van der Waals surface area (Å²) in [6, 6.07) is 8.87. The summed E-state index contributed by atoms with van der Waals surface area (Å²) in [6.45, 7) is 6.96. The average Bonchev–Trinajstić information content (AvgIpc) is 3.36. The van der Waals surface area contributed by atoms with Gasteiger partial charge in [-0.05, 0) is 44.2 Å². The van der Waals surface area contributed by atoms with Crippen molar-refractivity contribution in [2.45, 2.75) is 38.8 Å². The minimum Gasteiger partial charge on any atom is -0.376 e. The normalized spacial score (nSPS) is 30.1. The number of piperidine rings is 1. The number of amides is 1. The van der Waals surface area contributed by atoms with Crippen LogP contribution in [-0.4, -0.2) is 43.2 Å². The second kappa shape index (κ2) is 6.85. The number of carbonyl (C=O) groups is 1. The van der Waals surface area contributed by atoms with Gasteiger partial charge < -0.3 is 10.1 Å². The summed E-state index contributed by atoms with van der Waals surface area (Å²) in [6.07, 6.45) is 3.54. The van der Waals surface area contributed by atoms with E-state index >= 15 is 0 Å². The predicted octanol–water partition coefficient (Wildman–Crippen LogP) is 2.36. The van der Waals surface area contributed by atoms with Crippen LogP contribution in [0, 0.1) is 24.7 Å². The summed E-state index contributed by atoms with van der Waals surface area (Å²) in [5.74, 6) is 1.75. The van der Waals surface area contributed by atoms with Gasteiger partial charge in [-0.3, -0.25) is 9.69 Å². The molecule has 2 heterocycles. The van der Waals surface area contributed by atoms with Crippen molar-refractivity contribution in [3.63, 3.8) is 0 Å². The first-order valence-electron chi connectivity index (χ1n) is 9.36. The number of likely N-dealkylation sites (tertiary alicyclic amines) is 1. The van der Waals surface area contributed by atoms with E-state index in [9.17, 15) is 4.79 Å². The molecule has 2 aliphatic heterocycles. The molecule has 4 nitrogen and oxygen atoms in total. The molecule has 3 fully saturated rings. The van der Waals surface area contributed by atoms with Crippen molar-refractivity contribution >= 4 is 5.91 Å². The lowest BCUT2D eigenvalue weighted by Crippen LogP contribution is -2.43. The van der Waals surface area contributed by atoms with E-state index in [-0.39, 0.29) is 12.0 Å². The molecule has 3 atom stereocenters. The SMILES string of the molecule is Cc1ccc(CN2CC[C@@H]3[C@@H](CO[C@@H]3CNC(=O)C3CC3)C2)cc1. The number of carbonyl (C=O) groups excluding carboxylic acids is 1. The van der Waals surface area contributed by atoms with Gasteiger partial charge in [-0.25, -0.2) is 0 Å². The van der Waals surface area contributed by atoms with Gasteiger partial charge in [0.05, 0.1) is 12.7 Å². The number of rotatable bonds is 5. The van der Waals surface area contributed by atoms with E-state index in [2.05, 4.69) is 41.4 Å². The molecular formula is C20H28N2O2. The number of nitrogens with zero attached hydrogens (tertiary/aromatic N) is 1. The number of hydrogen-bond acceptors (Lipinski definition) is 3. The molecule has 1 amide bonds. The van der Waals surface area contributed by atoms with Crippen LogP contribution in [0.1, 0.15) is 30.4 Å². The van der Waals surface area contributed by atoms with Gasteiger partial charge in [0.1, 0.15) is 0 Å². The Morgan fingerprint density at radius 3 is 2.79 bits per heavy atom. The number of nitrogens with one attached hydrogen (secondary N) is 1. The van der Waals surface area contributed by atoms with Crippen LogP contribution in [-0.2, 0) is 16.1 Å². The summed E-state index contributed by atoms with van der Waals surface area (Å²) in [5, 5.41) is 3.10. The molecule has 0 aromatic heterocycles. The molecule has 0 spiro atoms. The van der Waals surface area contributed by atoms with E-state index in [1.165, 1.54) is 17.5 Å². The molecule has 130 valence electrons. The van der Waals surface area contributed by atoms with Crippen molar-refractivity contribution < 1.29 is 9.53 Å². The molecule has 3 aliphatic rings. The second-order valence-electron chi connectivity index (χ2n) is 7.82. The van der Waals surface area contributed by atoms with Crippen LogP contribution in [0.5, 0.6) is 0 Å². The molecule has 24 heavy (non-hydrogen) atoms. The summed E-state index contributed by atoms with van der Waals surface area (Å²) in [7, 11) is 0. The van der Waals surface area contributed by atoms with Crippen molar-refractivity contribution in [1.29, 1.82) is 0 Å². The Hall–Kier alpha value is -1.39.